The summed E-state index contributed by atoms with van der Waals surface area (Å²) in [5, 5.41) is 25.7. The Hall–Kier alpha value is -3.00. The van der Waals surface area contributed by atoms with E-state index in [4.69, 9.17) is 15.1 Å². The molecule has 2 unspecified atom stereocenters. The van der Waals surface area contributed by atoms with Crippen molar-refractivity contribution in [3.63, 3.8) is 0 Å². The Morgan fingerprint density at radius 2 is 1.74 bits per heavy atom. The number of fused-ring (bicyclic) bond motifs is 3. The SMILES string of the molecule is Cc1nc(N2CC3CC(C2)C3C(=O)O)cc(-n2ncc3cc(C)c(C4CCC(C)(O)CC4)cc32)n1. The van der Waals surface area contributed by atoms with Gasteiger partial charge in [0.25, 0.3) is 0 Å². The van der Waals surface area contributed by atoms with Gasteiger partial charge in [0.15, 0.2) is 5.82 Å². The van der Waals surface area contributed by atoms with E-state index in [9.17, 15) is 15.0 Å². The van der Waals surface area contributed by atoms with Crippen LogP contribution in [0.2, 0.25) is 0 Å². The predicted molar refractivity (Wildman–Crippen MR) is 133 cm³/mol. The standard InChI is InChI=1S/C27H33N5O3/c1-15-8-18-12-28-32(22(18)10-21(15)17-4-6-27(3,35)7-5-17)24-11-23(29-16(2)30-24)31-13-19-9-20(14-31)25(19)26(33)34/h8,10-12,17,19-20,25,35H,4-7,9,13-14H2,1-3H3,(H,33,34). The Balaban J connectivity index is 1.33. The third kappa shape index (κ3) is 3.88. The molecule has 2 bridgehead atoms. The molecule has 2 saturated carbocycles. The van der Waals surface area contributed by atoms with Gasteiger partial charge in [-0.15, -0.1) is 0 Å². The largest absolute Gasteiger partial charge is 0.481 e. The first-order valence-corrected chi connectivity index (χ1v) is 12.7. The van der Waals surface area contributed by atoms with Crippen molar-refractivity contribution in [1.29, 1.82) is 0 Å². The lowest BCUT2D eigenvalue weighted by atomic mass is 9.61. The fourth-order valence-corrected chi connectivity index (χ4v) is 6.66. The molecule has 0 spiro atoms. The van der Waals surface area contributed by atoms with Gasteiger partial charge in [-0.05, 0) is 93.9 Å². The van der Waals surface area contributed by atoms with Crippen molar-refractivity contribution in [3.05, 3.63) is 41.3 Å². The molecule has 2 aliphatic carbocycles. The molecule has 8 nitrogen and oxygen atoms in total. The molecular weight excluding hydrogens is 442 g/mol. The maximum Gasteiger partial charge on any atom is 0.307 e. The number of aliphatic carboxylic acids is 1. The maximum absolute atomic E-state index is 11.6. The Morgan fingerprint density at radius 1 is 1.06 bits per heavy atom. The third-order valence-electron chi connectivity index (χ3n) is 8.63. The minimum atomic E-state index is -0.666. The molecule has 3 aromatic rings. The zero-order valence-electron chi connectivity index (χ0n) is 20.6. The molecule has 4 aliphatic rings. The number of benzene rings is 1. The first kappa shape index (κ1) is 22.5. The van der Waals surface area contributed by atoms with E-state index in [0.717, 1.165) is 67.7 Å². The van der Waals surface area contributed by atoms with E-state index in [1.165, 1.54) is 11.1 Å². The lowest BCUT2D eigenvalue weighted by Gasteiger charge is -2.52. The number of nitrogens with zero attached hydrogens (tertiary/aromatic N) is 5. The summed E-state index contributed by atoms with van der Waals surface area (Å²) < 4.78 is 1.90. The van der Waals surface area contributed by atoms with Crippen LogP contribution in [0.15, 0.2) is 24.4 Å². The van der Waals surface area contributed by atoms with Gasteiger partial charge < -0.3 is 15.1 Å². The number of aromatic nitrogens is 4. The molecule has 1 aromatic carbocycles. The van der Waals surface area contributed by atoms with Gasteiger partial charge in [0, 0.05) is 24.5 Å². The molecule has 0 radical (unpaired) electrons. The van der Waals surface area contributed by atoms with E-state index in [-0.39, 0.29) is 17.8 Å². The van der Waals surface area contributed by atoms with Crippen molar-refractivity contribution in [2.45, 2.75) is 64.4 Å². The first-order chi connectivity index (χ1) is 16.7. The molecule has 35 heavy (non-hydrogen) atoms. The molecule has 184 valence electrons. The van der Waals surface area contributed by atoms with Crippen molar-refractivity contribution >= 4 is 22.7 Å². The minimum absolute atomic E-state index is 0.192. The summed E-state index contributed by atoms with van der Waals surface area (Å²) in [5.74, 6) is 2.20. The van der Waals surface area contributed by atoms with E-state index >= 15 is 0 Å². The monoisotopic (exact) mass is 475 g/mol. The van der Waals surface area contributed by atoms with Gasteiger partial charge in [0.2, 0.25) is 0 Å². The molecule has 4 heterocycles. The van der Waals surface area contributed by atoms with Crippen LogP contribution in [0.3, 0.4) is 0 Å². The fraction of sp³-hybridized carbons (Fsp3) is 0.556. The molecule has 2 aliphatic heterocycles. The Kier molecular flexibility index (Phi) is 5.14. The van der Waals surface area contributed by atoms with E-state index in [0.29, 0.717) is 11.7 Å². The summed E-state index contributed by atoms with van der Waals surface area (Å²) >= 11 is 0. The number of aryl methyl sites for hydroxylation is 2. The summed E-state index contributed by atoms with van der Waals surface area (Å²) in [6, 6.07) is 6.45. The molecule has 2 aromatic heterocycles. The van der Waals surface area contributed by atoms with Crippen molar-refractivity contribution in [2.24, 2.45) is 17.8 Å². The summed E-state index contributed by atoms with van der Waals surface area (Å²) in [4.78, 5) is 23.2. The van der Waals surface area contributed by atoms with E-state index in [1.54, 1.807) is 0 Å². The second kappa shape index (κ2) is 8.01. The van der Waals surface area contributed by atoms with Gasteiger partial charge in [-0.1, -0.05) is 0 Å². The predicted octanol–water partition coefficient (Wildman–Crippen LogP) is 4.00. The van der Waals surface area contributed by atoms with Gasteiger partial charge >= 0.3 is 5.97 Å². The number of hydrogen-bond donors (Lipinski definition) is 2. The number of piperidine rings is 2. The van der Waals surface area contributed by atoms with Crippen LogP contribution < -0.4 is 4.90 Å². The zero-order valence-corrected chi connectivity index (χ0v) is 20.6. The van der Waals surface area contributed by atoms with E-state index < -0.39 is 11.6 Å². The second-order valence-electron chi connectivity index (χ2n) is 11.3. The number of hydrogen-bond acceptors (Lipinski definition) is 6. The number of carboxylic acid groups (broad SMARTS) is 1. The van der Waals surface area contributed by atoms with Crippen LogP contribution in [-0.4, -0.2) is 54.6 Å². The van der Waals surface area contributed by atoms with Gasteiger partial charge in [-0.25, -0.2) is 14.6 Å². The number of aliphatic hydroxyl groups is 1. The second-order valence-corrected chi connectivity index (χ2v) is 11.3. The summed E-state index contributed by atoms with van der Waals surface area (Å²) in [7, 11) is 0. The number of rotatable bonds is 4. The van der Waals surface area contributed by atoms with Gasteiger partial charge in [-0.3, -0.25) is 4.79 Å². The highest BCUT2D eigenvalue weighted by atomic mass is 16.4. The smallest absolute Gasteiger partial charge is 0.307 e. The third-order valence-corrected chi connectivity index (χ3v) is 8.63. The average Bonchev–Trinajstić information content (AvgIpc) is 3.20. The van der Waals surface area contributed by atoms with Crippen molar-refractivity contribution in [1.82, 2.24) is 19.7 Å². The van der Waals surface area contributed by atoms with Crippen molar-refractivity contribution in [3.8, 4) is 5.82 Å². The van der Waals surface area contributed by atoms with Crippen LogP contribution >= 0.6 is 0 Å². The van der Waals surface area contributed by atoms with E-state index in [2.05, 4.69) is 24.0 Å². The highest BCUT2D eigenvalue weighted by Crippen LogP contribution is 2.46. The molecular formula is C27H33N5O3. The Labute approximate surface area is 205 Å². The summed E-state index contributed by atoms with van der Waals surface area (Å²) in [6.45, 7) is 7.44. The highest BCUT2D eigenvalue weighted by molar-refractivity contribution is 5.82. The normalized spacial score (nSPS) is 30.3. The molecule has 2 N–H and O–H groups in total. The van der Waals surface area contributed by atoms with Crippen LogP contribution in [0, 0.1) is 31.6 Å². The molecule has 8 heteroatoms. The van der Waals surface area contributed by atoms with Crippen LogP contribution in [-0.2, 0) is 4.79 Å². The quantitative estimate of drug-likeness (QED) is 0.588. The van der Waals surface area contributed by atoms with Crippen molar-refractivity contribution < 1.29 is 15.0 Å². The van der Waals surface area contributed by atoms with Crippen LogP contribution in [0.1, 0.15) is 61.9 Å². The van der Waals surface area contributed by atoms with Gasteiger partial charge in [-0.2, -0.15) is 5.10 Å². The Bertz CT molecular complexity index is 1290. The van der Waals surface area contributed by atoms with Crippen molar-refractivity contribution in [2.75, 3.05) is 18.0 Å². The lowest BCUT2D eigenvalue weighted by molar-refractivity contribution is -0.153. The number of anilines is 1. The number of carbonyl (C=O) groups is 1. The summed E-state index contributed by atoms with van der Waals surface area (Å²) in [5.41, 5.74) is 3.07. The topological polar surface area (TPSA) is 104 Å². The summed E-state index contributed by atoms with van der Waals surface area (Å²) in [6.07, 6.45) is 6.50. The molecule has 0 amide bonds. The zero-order chi connectivity index (χ0) is 24.5. The molecule has 4 fully saturated rings. The molecule has 2 atom stereocenters. The van der Waals surface area contributed by atoms with Crippen LogP contribution in [0.5, 0.6) is 0 Å². The molecule has 2 saturated heterocycles. The van der Waals surface area contributed by atoms with Crippen LogP contribution in [0.4, 0.5) is 5.82 Å². The number of carboxylic acids is 1. The van der Waals surface area contributed by atoms with Crippen LogP contribution in [0.25, 0.3) is 16.7 Å². The highest BCUT2D eigenvalue weighted by Gasteiger charge is 2.50. The molecule has 7 rings (SSSR count). The first-order valence-electron chi connectivity index (χ1n) is 12.7. The Morgan fingerprint density at radius 3 is 2.43 bits per heavy atom. The van der Waals surface area contributed by atoms with Gasteiger partial charge in [0.05, 0.1) is 23.2 Å². The van der Waals surface area contributed by atoms with E-state index in [1.807, 2.05) is 30.8 Å². The minimum Gasteiger partial charge on any atom is -0.481 e. The average molecular weight is 476 g/mol. The maximum atomic E-state index is 11.6. The lowest BCUT2D eigenvalue weighted by Crippen LogP contribution is -2.58. The fourth-order valence-electron chi connectivity index (χ4n) is 6.66. The van der Waals surface area contributed by atoms with Gasteiger partial charge in [0.1, 0.15) is 11.6 Å².